The second kappa shape index (κ2) is 5.76. The summed E-state index contributed by atoms with van der Waals surface area (Å²) >= 11 is 6.05. The molecule has 104 valence electrons. The van der Waals surface area contributed by atoms with Crippen molar-refractivity contribution < 1.29 is 9.21 Å². The maximum Gasteiger partial charge on any atom is 0.313 e. The number of amides is 1. The van der Waals surface area contributed by atoms with Gasteiger partial charge in [0.05, 0.1) is 10.6 Å². The van der Waals surface area contributed by atoms with E-state index in [1.165, 1.54) is 0 Å². The topological polar surface area (TPSA) is 68.0 Å². The second-order valence-corrected chi connectivity index (χ2v) is 4.62. The van der Waals surface area contributed by atoms with Gasteiger partial charge in [0.25, 0.3) is 0 Å². The monoisotopic (exact) mass is 299 g/mol. The van der Waals surface area contributed by atoms with Crippen molar-refractivity contribution in [1.82, 2.24) is 10.2 Å². The Morgan fingerprint density at radius 3 is 2.48 bits per heavy atom. The molecular formula is C15H10ClN3O2. The number of hydrogen-bond acceptors (Lipinski definition) is 4. The quantitative estimate of drug-likeness (QED) is 0.801. The first-order valence-electron chi connectivity index (χ1n) is 6.19. The maximum absolute atomic E-state index is 12.0. The summed E-state index contributed by atoms with van der Waals surface area (Å²) in [6.07, 6.45) is 0. The molecule has 0 spiro atoms. The number of nitrogens with one attached hydrogen (secondary N) is 1. The molecule has 0 atom stereocenters. The van der Waals surface area contributed by atoms with Crippen molar-refractivity contribution in [2.24, 2.45) is 0 Å². The minimum atomic E-state index is -0.466. The van der Waals surface area contributed by atoms with Crippen LogP contribution in [-0.2, 0) is 0 Å². The van der Waals surface area contributed by atoms with Crippen LogP contribution in [0, 0.1) is 0 Å². The molecule has 2 aromatic carbocycles. The van der Waals surface area contributed by atoms with E-state index in [0.29, 0.717) is 16.3 Å². The van der Waals surface area contributed by atoms with Crippen molar-refractivity contribution in [3.8, 4) is 11.5 Å². The molecule has 0 fully saturated rings. The van der Waals surface area contributed by atoms with E-state index in [1.807, 2.05) is 18.2 Å². The van der Waals surface area contributed by atoms with Gasteiger partial charge in [0, 0.05) is 5.69 Å². The number of halogens is 1. The van der Waals surface area contributed by atoms with Crippen LogP contribution in [0.1, 0.15) is 10.7 Å². The number of carbonyl (C=O) groups excluding carboxylic acids is 1. The molecule has 0 aliphatic heterocycles. The molecule has 0 saturated heterocycles. The minimum Gasteiger partial charge on any atom is -0.412 e. The van der Waals surface area contributed by atoms with Gasteiger partial charge in [-0.3, -0.25) is 4.79 Å². The lowest BCUT2D eigenvalue weighted by Crippen LogP contribution is -2.12. The predicted octanol–water partition coefficient (Wildman–Crippen LogP) is 3.64. The molecule has 1 amide bonds. The van der Waals surface area contributed by atoms with E-state index in [0.717, 1.165) is 0 Å². The highest BCUT2D eigenvalue weighted by molar-refractivity contribution is 6.33. The average Bonchev–Trinajstić information content (AvgIpc) is 2.98. The van der Waals surface area contributed by atoms with Crippen molar-refractivity contribution >= 4 is 23.2 Å². The summed E-state index contributed by atoms with van der Waals surface area (Å²) in [5.74, 6) is -0.375. The number of hydrogen-bond donors (Lipinski definition) is 1. The first-order chi connectivity index (χ1) is 10.2. The van der Waals surface area contributed by atoms with Crippen LogP contribution in [0.25, 0.3) is 11.5 Å². The van der Waals surface area contributed by atoms with Crippen LogP contribution in [0.15, 0.2) is 59.0 Å². The molecule has 1 N–H and O–H groups in total. The molecule has 0 aliphatic carbocycles. The average molecular weight is 300 g/mol. The summed E-state index contributed by atoms with van der Waals surface area (Å²) < 4.78 is 5.37. The van der Waals surface area contributed by atoms with Gasteiger partial charge in [-0.1, -0.05) is 41.9 Å². The van der Waals surface area contributed by atoms with Crippen molar-refractivity contribution in [3.63, 3.8) is 0 Å². The minimum absolute atomic E-state index is 0.117. The molecule has 0 saturated carbocycles. The van der Waals surface area contributed by atoms with Gasteiger partial charge in [-0.25, -0.2) is 0 Å². The SMILES string of the molecule is O=C(Nc1ccccc1)c1nnc(-c2ccccc2Cl)o1. The fourth-order valence-corrected chi connectivity index (χ4v) is 1.98. The standard InChI is InChI=1S/C15H10ClN3O2/c16-12-9-5-4-8-11(12)14-18-19-15(21-14)13(20)17-10-6-2-1-3-7-10/h1-9H,(H,17,20). The van der Waals surface area contributed by atoms with E-state index in [2.05, 4.69) is 15.5 Å². The third kappa shape index (κ3) is 2.93. The third-order valence-electron chi connectivity index (χ3n) is 2.76. The molecule has 0 aliphatic rings. The van der Waals surface area contributed by atoms with Gasteiger partial charge in [0.15, 0.2) is 0 Å². The Labute approximate surface area is 125 Å². The van der Waals surface area contributed by atoms with E-state index in [1.54, 1.807) is 36.4 Å². The zero-order valence-electron chi connectivity index (χ0n) is 10.8. The number of para-hydroxylation sites is 1. The van der Waals surface area contributed by atoms with Crippen LogP contribution in [0.3, 0.4) is 0 Å². The Morgan fingerprint density at radius 2 is 1.71 bits per heavy atom. The lowest BCUT2D eigenvalue weighted by atomic mass is 10.2. The first-order valence-corrected chi connectivity index (χ1v) is 6.56. The van der Waals surface area contributed by atoms with Crippen molar-refractivity contribution in [2.75, 3.05) is 5.32 Å². The number of rotatable bonds is 3. The molecule has 3 rings (SSSR count). The van der Waals surface area contributed by atoms with E-state index in [4.69, 9.17) is 16.0 Å². The Hall–Kier alpha value is -2.66. The summed E-state index contributed by atoms with van der Waals surface area (Å²) in [6, 6.07) is 16.1. The lowest BCUT2D eigenvalue weighted by Gasteiger charge is -2.00. The van der Waals surface area contributed by atoms with Crippen molar-refractivity contribution in [3.05, 3.63) is 65.5 Å². The van der Waals surface area contributed by atoms with Gasteiger partial charge in [-0.15, -0.1) is 10.2 Å². The van der Waals surface area contributed by atoms with E-state index < -0.39 is 5.91 Å². The smallest absolute Gasteiger partial charge is 0.313 e. The van der Waals surface area contributed by atoms with Crippen LogP contribution in [-0.4, -0.2) is 16.1 Å². The molecular weight excluding hydrogens is 290 g/mol. The van der Waals surface area contributed by atoms with Gasteiger partial charge < -0.3 is 9.73 Å². The number of anilines is 1. The molecule has 1 aromatic heterocycles. The van der Waals surface area contributed by atoms with Crippen molar-refractivity contribution in [2.45, 2.75) is 0 Å². The highest BCUT2D eigenvalue weighted by Gasteiger charge is 2.17. The second-order valence-electron chi connectivity index (χ2n) is 4.21. The van der Waals surface area contributed by atoms with Crippen LogP contribution in [0.2, 0.25) is 5.02 Å². The van der Waals surface area contributed by atoms with Crippen molar-refractivity contribution in [1.29, 1.82) is 0 Å². The normalized spacial score (nSPS) is 10.3. The Morgan fingerprint density at radius 1 is 1.00 bits per heavy atom. The highest BCUT2D eigenvalue weighted by Crippen LogP contribution is 2.26. The number of aromatic nitrogens is 2. The maximum atomic E-state index is 12.0. The van der Waals surface area contributed by atoms with Crippen LogP contribution >= 0.6 is 11.6 Å². The molecule has 1 heterocycles. The highest BCUT2D eigenvalue weighted by atomic mass is 35.5. The molecule has 3 aromatic rings. The fourth-order valence-electron chi connectivity index (χ4n) is 1.76. The first kappa shape index (κ1) is 13.3. The predicted molar refractivity (Wildman–Crippen MR) is 79.1 cm³/mol. The number of carbonyl (C=O) groups is 1. The largest absolute Gasteiger partial charge is 0.412 e. The zero-order valence-corrected chi connectivity index (χ0v) is 11.5. The molecule has 0 bridgehead atoms. The lowest BCUT2D eigenvalue weighted by molar-refractivity contribution is 0.0991. The van der Waals surface area contributed by atoms with Gasteiger partial charge in [0.1, 0.15) is 0 Å². The van der Waals surface area contributed by atoms with Gasteiger partial charge in [0.2, 0.25) is 5.89 Å². The summed E-state index contributed by atoms with van der Waals surface area (Å²) in [7, 11) is 0. The summed E-state index contributed by atoms with van der Waals surface area (Å²) in [5.41, 5.74) is 1.24. The Kier molecular flexibility index (Phi) is 3.66. The van der Waals surface area contributed by atoms with E-state index in [-0.39, 0.29) is 11.8 Å². The molecule has 0 unspecified atom stereocenters. The Balaban J connectivity index is 1.82. The summed E-state index contributed by atoms with van der Waals surface area (Å²) in [4.78, 5) is 12.0. The number of nitrogens with zero attached hydrogens (tertiary/aromatic N) is 2. The Bertz CT molecular complexity index is 771. The zero-order chi connectivity index (χ0) is 14.7. The fraction of sp³-hybridized carbons (Fsp3) is 0. The van der Waals surface area contributed by atoms with Crippen LogP contribution < -0.4 is 5.32 Å². The van der Waals surface area contributed by atoms with Gasteiger partial charge >= 0.3 is 11.8 Å². The summed E-state index contributed by atoms with van der Waals surface area (Å²) in [5, 5.41) is 10.7. The molecule has 6 heteroatoms. The van der Waals surface area contributed by atoms with Crippen LogP contribution in [0.5, 0.6) is 0 Å². The van der Waals surface area contributed by atoms with Crippen LogP contribution in [0.4, 0.5) is 5.69 Å². The summed E-state index contributed by atoms with van der Waals surface area (Å²) in [6.45, 7) is 0. The molecule has 0 radical (unpaired) electrons. The molecule has 5 nitrogen and oxygen atoms in total. The molecule has 21 heavy (non-hydrogen) atoms. The van der Waals surface area contributed by atoms with Gasteiger partial charge in [-0.05, 0) is 24.3 Å². The van der Waals surface area contributed by atoms with Gasteiger partial charge in [-0.2, -0.15) is 0 Å². The van der Waals surface area contributed by atoms with E-state index in [9.17, 15) is 4.79 Å². The third-order valence-corrected chi connectivity index (χ3v) is 3.08. The number of benzene rings is 2. The van der Waals surface area contributed by atoms with E-state index >= 15 is 0 Å².